The molecule has 0 spiro atoms. The Kier molecular flexibility index (Phi) is 3.96. The van der Waals surface area contributed by atoms with E-state index in [2.05, 4.69) is 15.5 Å². The van der Waals surface area contributed by atoms with Crippen LogP contribution in [-0.4, -0.2) is 46.7 Å². The molecule has 3 rings (SSSR count). The van der Waals surface area contributed by atoms with Crippen molar-refractivity contribution in [2.75, 3.05) is 23.8 Å². The minimum atomic E-state index is -0.624. The summed E-state index contributed by atoms with van der Waals surface area (Å²) in [6, 6.07) is 5.07. The van der Waals surface area contributed by atoms with Crippen molar-refractivity contribution in [2.45, 2.75) is 12.5 Å². The molecule has 2 heterocycles. The summed E-state index contributed by atoms with van der Waals surface area (Å²) in [5.41, 5.74) is 0.752. The van der Waals surface area contributed by atoms with Crippen molar-refractivity contribution in [1.29, 1.82) is 0 Å². The Hall–Kier alpha value is -2.90. The molecule has 0 saturated carbocycles. The number of benzene rings is 1. The molecular formula is C15H16FN5O2. The smallest absolute Gasteiger partial charge is 0.315 e. The molecule has 2 aromatic rings. The first-order valence-electron chi connectivity index (χ1n) is 7.16. The lowest BCUT2D eigenvalue weighted by Gasteiger charge is -2.24. The Morgan fingerprint density at radius 1 is 1.48 bits per heavy atom. The van der Waals surface area contributed by atoms with Gasteiger partial charge in [-0.1, -0.05) is 12.1 Å². The van der Waals surface area contributed by atoms with Gasteiger partial charge in [0.05, 0.1) is 17.6 Å². The molecule has 1 saturated heterocycles. The van der Waals surface area contributed by atoms with Crippen LogP contribution in [-0.2, 0) is 4.79 Å². The predicted octanol–water partition coefficient (Wildman–Crippen LogP) is 1.82. The van der Waals surface area contributed by atoms with E-state index < -0.39 is 17.9 Å². The number of amides is 3. The quantitative estimate of drug-likeness (QED) is 0.906. The van der Waals surface area contributed by atoms with E-state index in [0.29, 0.717) is 18.7 Å². The van der Waals surface area contributed by atoms with Crippen molar-refractivity contribution in [3.8, 4) is 0 Å². The summed E-state index contributed by atoms with van der Waals surface area (Å²) in [7, 11) is 1.54. The first-order valence-corrected chi connectivity index (χ1v) is 7.16. The van der Waals surface area contributed by atoms with Crippen LogP contribution in [0.15, 0.2) is 36.7 Å². The fourth-order valence-electron chi connectivity index (χ4n) is 2.61. The maximum atomic E-state index is 13.9. The normalized spacial score (nSPS) is 17.4. The third-order valence-corrected chi connectivity index (χ3v) is 3.86. The van der Waals surface area contributed by atoms with Crippen molar-refractivity contribution >= 4 is 23.3 Å². The molecule has 23 heavy (non-hydrogen) atoms. The number of aromatic amines is 1. The molecule has 7 nitrogen and oxygen atoms in total. The molecule has 0 aliphatic carbocycles. The second-order valence-electron chi connectivity index (χ2n) is 5.27. The third-order valence-electron chi connectivity index (χ3n) is 3.86. The van der Waals surface area contributed by atoms with E-state index in [1.54, 1.807) is 25.2 Å². The van der Waals surface area contributed by atoms with Crippen LogP contribution in [0.1, 0.15) is 6.42 Å². The van der Waals surface area contributed by atoms with Crippen LogP contribution >= 0.6 is 0 Å². The standard InChI is InChI=1S/C15H16FN5O2/c1-20(15(23)19-10-8-17-18-9-10)13-6-7-21(14(13)22)12-5-3-2-4-11(12)16/h2-5,8-9,13H,6-7H2,1H3,(H,17,18)(H,19,23). The summed E-state index contributed by atoms with van der Waals surface area (Å²) in [5.74, 6) is -0.744. The number of carbonyl (C=O) groups is 2. The van der Waals surface area contributed by atoms with Crippen LogP contribution < -0.4 is 10.2 Å². The summed E-state index contributed by atoms with van der Waals surface area (Å²) in [4.78, 5) is 27.4. The molecule has 1 aliphatic heterocycles. The number of para-hydroxylation sites is 1. The minimum absolute atomic E-state index is 0.239. The van der Waals surface area contributed by atoms with Gasteiger partial charge >= 0.3 is 6.03 Å². The number of hydrogen-bond acceptors (Lipinski definition) is 3. The lowest BCUT2D eigenvalue weighted by atomic mass is 10.2. The molecule has 1 fully saturated rings. The fourth-order valence-corrected chi connectivity index (χ4v) is 2.61. The first-order chi connectivity index (χ1) is 11.1. The number of rotatable bonds is 3. The number of hydrogen-bond donors (Lipinski definition) is 2. The molecule has 2 N–H and O–H groups in total. The van der Waals surface area contributed by atoms with Crippen LogP contribution in [0.2, 0.25) is 0 Å². The SMILES string of the molecule is CN(C(=O)Nc1cn[nH]c1)C1CCN(c2ccccc2F)C1=O. The average molecular weight is 317 g/mol. The van der Waals surface area contributed by atoms with Gasteiger partial charge in [-0.3, -0.25) is 9.89 Å². The van der Waals surface area contributed by atoms with Gasteiger partial charge in [0.2, 0.25) is 5.91 Å². The first kappa shape index (κ1) is 15.0. The molecule has 0 bridgehead atoms. The van der Waals surface area contributed by atoms with Crippen LogP contribution in [0.25, 0.3) is 0 Å². The molecule has 1 unspecified atom stereocenters. The van der Waals surface area contributed by atoms with Gasteiger partial charge in [-0.2, -0.15) is 5.10 Å². The van der Waals surface area contributed by atoms with Crippen LogP contribution in [0.5, 0.6) is 0 Å². The van der Waals surface area contributed by atoms with Crippen molar-refractivity contribution in [2.24, 2.45) is 0 Å². The Morgan fingerprint density at radius 2 is 2.26 bits per heavy atom. The number of aromatic nitrogens is 2. The summed E-state index contributed by atoms with van der Waals surface area (Å²) >= 11 is 0. The lowest BCUT2D eigenvalue weighted by molar-refractivity contribution is -0.120. The molecule has 120 valence electrons. The van der Waals surface area contributed by atoms with Crippen LogP contribution in [0, 0.1) is 5.82 Å². The van der Waals surface area contributed by atoms with Gasteiger partial charge in [-0.15, -0.1) is 0 Å². The number of nitrogens with zero attached hydrogens (tertiary/aromatic N) is 3. The number of carbonyl (C=O) groups excluding carboxylic acids is 2. The van der Waals surface area contributed by atoms with Gasteiger partial charge in [0.15, 0.2) is 0 Å². The maximum Gasteiger partial charge on any atom is 0.322 e. The van der Waals surface area contributed by atoms with E-state index in [1.807, 2.05) is 0 Å². The Balaban J connectivity index is 1.71. The highest BCUT2D eigenvalue weighted by Crippen LogP contribution is 2.26. The number of halogens is 1. The summed E-state index contributed by atoms with van der Waals surface area (Å²) in [5, 5.41) is 8.95. The largest absolute Gasteiger partial charge is 0.322 e. The molecule has 0 radical (unpaired) electrons. The third kappa shape index (κ3) is 2.87. The van der Waals surface area contributed by atoms with Gasteiger partial charge in [-0.25, -0.2) is 9.18 Å². The van der Waals surface area contributed by atoms with Gasteiger partial charge in [-0.05, 0) is 18.6 Å². The number of urea groups is 1. The van der Waals surface area contributed by atoms with Crippen LogP contribution in [0.4, 0.5) is 20.6 Å². The van der Waals surface area contributed by atoms with Gasteiger partial charge in [0, 0.05) is 19.8 Å². The zero-order valence-electron chi connectivity index (χ0n) is 12.5. The van der Waals surface area contributed by atoms with Crippen molar-refractivity contribution in [3.63, 3.8) is 0 Å². The van der Waals surface area contributed by atoms with Crippen LogP contribution in [0.3, 0.4) is 0 Å². The molecular weight excluding hydrogens is 301 g/mol. The molecule has 3 amide bonds. The van der Waals surface area contributed by atoms with Crippen molar-refractivity contribution in [1.82, 2.24) is 15.1 Å². The number of likely N-dealkylation sites (N-methyl/N-ethyl adjacent to an activating group) is 1. The highest BCUT2D eigenvalue weighted by atomic mass is 19.1. The highest BCUT2D eigenvalue weighted by Gasteiger charge is 2.38. The zero-order chi connectivity index (χ0) is 16.4. The van der Waals surface area contributed by atoms with E-state index in [4.69, 9.17) is 0 Å². The second kappa shape index (κ2) is 6.07. The molecule has 8 heteroatoms. The number of anilines is 2. The van der Waals surface area contributed by atoms with Gasteiger partial charge < -0.3 is 15.1 Å². The maximum absolute atomic E-state index is 13.9. The molecule has 1 atom stereocenters. The number of nitrogens with one attached hydrogen (secondary N) is 2. The van der Waals surface area contributed by atoms with Gasteiger partial charge in [0.1, 0.15) is 11.9 Å². The molecule has 1 aliphatic rings. The highest BCUT2D eigenvalue weighted by molar-refractivity contribution is 6.02. The molecule has 1 aromatic carbocycles. The van der Waals surface area contributed by atoms with E-state index in [0.717, 1.165) is 0 Å². The number of H-pyrrole nitrogens is 1. The predicted molar refractivity (Wildman–Crippen MR) is 82.5 cm³/mol. The minimum Gasteiger partial charge on any atom is -0.315 e. The topological polar surface area (TPSA) is 81.3 Å². The fraction of sp³-hybridized carbons (Fsp3) is 0.267. The second-order valence-corrected chi connectivity index (χ2v) is 5.27. The van der Waals surface area contributed by atoms with Crippen molar-refractivity contribution in [3.05, 3.63) is 42.5 Å². The monoisotopic (exact) mass is 317 g/mol. The summed E-state index contributed by atoms with van der Waals surface area (Å²) in [6.45, 7) is 0.369. The van der Waals surface area contributed by atoms with E-state index in [-0.39, 0.29) is 11.6 Å². The summed E-state index contributed by atoms with van der Waals surface area (Å²) < 4.78 is 13.9. The van der Waals surface area contributed by atoms with Gasteiger partial charge in [0.25, 0.3) is 0 Å². The summed E-state index contributed by atoms with van der Waals surface area (Å²) in [6.07, 6.45) is 3.45. The zero-order valence-corrected chi connectivity index (χ0v) is 12.5. The van der Waals surface area contributed by atoms with E-state index in [9.17, 15) is 14.0 Å². The Bertz CT molecular complexity index is 718. The lowest BCUT2D eigenvalue weighted by Crippen LogP contribution is -2.44. The Morgan fingerprint density at radius 3 is 2.96 bits per heavy atom. The van der Waals surface area contributed by atoms with E-state index >= 15 is 0 Å². The molecule has 1 aromatic heterocycles. The average Bonchev–Trinajstić information content (AvgIpc) is 3.17. The van der Waals surface area contributed by atoms with Crippen molar-refractivity contribution < 1.29 is 14.0 Å². The Labute approximate surface area is 132 Å². The van der Waals surface area contributed by atoms with E-state index in [1.165, 1.54) is 28.3 Å².